The van der Waals surface area contributed by atoms with Crippen LogP contribution >= 0.6 is 0 Å². The summed E-state index contributed by atoms with van der Waals surface area (Å²) in [5, 5.41) is 9.06. The van der Waals surface area contributed by atoms with Gasteiger partial charge in [-0.3, -0.25) is 9.59 Å². The molecule has 1 atom stereocenters. The van der Waals surface area contributed by atoms with Gasteiger partial charge in [-0.1, -0.05) is 135 Å². The van der Waals surface area contributed by atoms with Crippen molar-refractivity contribution in [1.29, 1.82) is 0 Å². The molecule has 4 heteroatoms. The second-order valence-corrected chi connectivity index (χ2v) is 11.3. The maximum absolute atomic E-state index is 12.3. The molecule has 0 amide bonds. The summed E-state index contributed by atoms with van der Waals surface area (Å²) >= 11 is 0. The van der Waals surface area contributed by atoms with Gasteiger partial charge in [-0.15, -0.1) is 0 Å². The molecule has 0 aliphatic rings. The van der Waals surface area contributed by atoms with E-state index in [1.807, 2.05) is 0 Å². The number of carboxylic acids is 1. The Bertz CT molecular complexity index is 543. The maximum Gasteiger partial charge on any atom is 0.306 e. The highest BCUT2D eigenvalue weighted by atomic mass is 16.5. The standard InChI is InChI=1S/C34H64O4/c1-3-5-7-9-11-13-15-16-17-19-21-23-25-27-29-34(37)38-32(30-31-33(35)36)28-26-24-22-20-18-14-12-10-8-6-4-2/h13,15,32H,3-12,14,16-31H2,1-2H3,(H,35,36)/b15-13-. The van der Waals surface area contributed by atoms with Crippen LogP contribution in [0.2, 0.25) is 0 Å². The van der Waals surface area contributed by atoms with Crippen LogP contribution in [0.15, 0.2) is 12.2 Å². The summed E-state index contributed by atoms with van der Waals surface area (Å²) in [6.45, 7) is 4.51. The molecule has 0 saturated heterocycles. The Morgan fingerprint density at radius 1 is 0.553 bits per heavy atom. The van der Waals surface area contributed by atoms with Crippen molar-refractivity contribution in [3.8, 4) is 0 Å². The molecule has 38 heavy (non-hydrogen) atoms. The average Bonchev–Trinajstić information content (AvgIpc) is 2.90. The van der Waals surface area contributed by atoms with Crippen LogP contribution in [0.25, 0.3) is 0 Å². The van der Waals surface area contributed by atoms with E-state index in [0.29, 0.717) is 12.8 Å². The fourth-order valence-corrected chi connectivity index (χ4v) is 4.99. The van der Waals surface area contributed by atoms with Gasteiger partial charge in [0.25, 0.3) is 0 Å². The third kappa shape index (κ3) is 29.2. The van der Waals surface area contributed by atoms with Crippen LogP contribution in [0.4, 0.5) is 0 Å². The normalized spacial score (nSPS) is 12.3. The highest BCUT2D eigenvalue weighted by molar-refractivity contribution is 5.69. The highest BCUT2D eigenvalue weighted by Crippen LogP contribution is 2.17. The van der Waals surface area contributed by atoms with Crippen LogP contribution in [0.5, 0.6) is 0 Å². The van der Waals surface area contributed by atoms with E-state index in [0.717, 1.165) is 32.1 Å². The van der Waals surface area contributed by atoms with Crippen LogP contribution in [0.1, 0.15) is 187 Å². The number of allylic oxidation sites excluding steroid dienone is 2. The number of hydrogen-bond acceptors (Lipinski definition) is 3. The van der Waals surface area contributed by atoms with Crippen LogP contribution in [0, 0.1) is 0 Å². The van der Waals surface area contributed by atoms with Gasteiger partial charge in [-0.2, -0.15) is 0 Å². The maximum atomic E-state index is 12.3. The molecule has 0 rings (SSSR count). The first-order valence-electron chi connectivity index (χ1n) is 16.7. The molecule has 0 aliphatic carbocycles. The summed E-state index contributed by atoms with van der Waals surface area (Å²) in [5.41, 5.74) is 0. The summed E-state index contributed by atoms with van der Waals surface area (Å²) in [6.07, 6.45) is 35.0. The zero-order chi connectivity index (χ0) is 27.9. The van der Waals surface area contributed by atoms with E-state index in [4.69, 9.17) is 9.84 Å². The monoisotopic (exact) mass is 536 g/mol. The summed E-state index contributed by atoms with van der Waals surface area (Å²) < 4.78 is 5.70. The topological polar surface area (TPSA) is 63.6 Å². The third-order valence-corrected chi connectivity index (χ3v) is 7.50. The lowest BCUT2D eigenvalue weighted by molar-refractivity contribution is -0.151. The van der Waals surface area contributed by atoms with Gasteiger partial charge >= 0.3 is 11.9 Å². The third-order valence-electron chi connectivity index (χ3n) is 7.50. The van der Waals surface area contributed by atoms with Crippen molar-refractivity contribution in [3.05, 3.63) is 12.2 Å². The van der Waals surface area contributed by atoms with Gasteiger partial charge in [-0.25, -0.2) is 0 Å². The molecule has 0 aliphatic heterocycles. The average molecular weight is 537 g/mol. The molecule has 0 bridgehead atoms. The Balaban J connectivity index is 3.77. The smallest absolute Gasteiger partial charge is 0.306 e. The molecule has 0 aromatic heterocycles. The summed E-state index contributed by atoms with van der Waals surface area (Å²) in [6, 6.07) is 0. The van der Waals surface area contributed by atoms with Crippen molar-refractivity contribution in [3.63, 3.8) is 0 Å². The molecule has 1 unspecified atom stereocenters. The number of carboxylic acid groups (broad SMARTS) is 1. The van der Waals surface area contributed by atoms with Crippen molar-refractivity contribution < 1.29 is 19.4 Å². The summed E-state index contributed by atoms with van der Waals surface area (Å²) in [5.74, 6) is -0.958. The minimum Gasteiger partial charge on any atom is -0.481 e. The molecule has 0 radical (unpaired) electrons. The summed E-state index contributed by atoms with van der Waals surface area (Å²) in [4.78, 5) is 23.4. The van der Waals surface area contributed by atoms with Crippen molar-refractivity contribution in [2.24, 2.45) is 0 Å². The van der Waals surface area contributed by atoms with Crippen molar-refractivity contribution in [2.75, 3.05) is 0 Å². The van der Waals surface area contributed by atoms with E-state index in [1.54, 1.807) is 0 Å². The number of ether oxygens (including phenoxy) is 1. The largest absolute Gasteiger partial charge is 0.481 e. The van der Waals surface area contributed by atoms with Crippen molar-refractivity contribution >= 4 is 11.9 Å². The predicted molar refractivity (Wildman–Crippen MR) is 163 cm³/mol. The van der Waals surface area contributed by atoms with E-state index in [1.165, 1.54) is 122 Å². The lowest BCUT2D eigenvalue weighted by Gasteiger charge is -2.17. The Hall–Kier alpha value is -1.32. The number of hydrogen-bond donors (Lipinski definition) is 1. The fraction of sp³-hybridized carbons (Fsp3) is 0.882. The number of carbonyl (C=O) groups excluding carboxylic acids is 1. The minimum absolute atomic E-state index is 0.0734. The molecular weight excluding hydrogens is 472 g/mol. The van der Waals surface area contributed by atoms with Gasteiger partial charge < -0.3 is 9.84 Å². The Morgan fingerprint density at radius 3 is 1.47 bits per heavy atom. The summed E-state index contributed by atoms with van der Waals surface area (Å²) in [7, 11) is 0. The van der Waals surface area contributed by atoms with Gasteiger partial charge in [0.15, 0.2) is 0 Å². The highest BCUT2D eigenvalue weighted by Gasteiger charge is 2.15. The van der Waals surface area contributed by atoms with E-state index in [-0.39, 0.29) is 18.5 Å². The number of carbonyl (C=O) groups is 2. The number of rotatable bonds is 30. The van der Waals surface area contributed by atoms with Crippen LogP contribution in [-0.4, -0.2) is 23.1 Å². The number of unbranched alkanes of at least 4 members (excludes halogenated alkanes) is 20. The van der Waals surface area contributed by atoms with Gasteiger partial charge in [0.05, 0.1) is 0 Å². The number of esters is 1. The lowest BCUT2D eigenvalue weighted by Crippen LogP contribution is -2.19. The zero-order valence-electron chi connectivity index (χ0n) is 25.5. The van der Waals surface area contributed by atoms with E-state index < -0.39 is 5.97 Å². The van der Waals surface area contributed by atoms with E-state index in [2.05, 4.69) is 26.0 Å². The molecule has 0 spiro atoms. The van der Waals surface area contributed by atoms with E-state index >= 15 is 0 Å². The SMILES string of the molecule is CCCCCC/C=C\CCCCCCCCC(=O)OC(CCCCCCCCCCCCC)CCC(=O)O. The second kappa shape index (κ2) is 30.2. The van der Waals surface area contributed by atoms with Gasteiger partial charge in [-0.05, 0) is 51.4 Å². The quantitative estimate of drug-likeness (QED) is 0.0563. The van der Waals surface area contributed by atoms with Crippen molar-refractivity contribution in [2.45, 2.75) is 193 Å². The molecule has 224 valence electrons. The minimum atomic E-state index is -0.813. The fourth-order valence-electron chi connectivity index (χ4n) is 4.99. The Labute approximate surface area is 236 Å². The molecule has 4 nitrogen and oxygen atoms in total. The predicted octanol–water partition coefficient (Wildman–Crippen LogP) is 11.1. The molecule has 0 aromatic rings. The molecular formula is C34H64O4. The molecule has 0 fully saturated rings. The van der Waals surface area contributed by atoms with E-state index in [9.17, 15) is 9.59 Å². The first-order chi connectivity index (χ1) is 18.6. The Morgan fingerprint density at radius 2 is 0.974 bits per heavy atom. The van der Waals surface area contributed by atoms with Gasteiger partial charge in [0, 0.05) is 12.8 Å². The molecule has 0 heterocycles. The number of aliphatic carboxylic acids is 1. The molecule has 1 N–H and O–H groups in total. The van der Waals surface area contributed by atoms with Crippen LogP contribution < -0.4 is 0 Å². The van der Waals surface area contributed by atoms with Gasteiger partial charge in [0.2, 0.25) is 0 Å². The second-order valence-electron chi connectivity index (χ2n) is 11.3. The van der Waals surface area contributed by atoms with Crippen molar-refractivity contribution in [1.82, 2.24) is 0 Å². The molecule has 0 aromatic carbocycles. The first-order valence-corrected chi connectivity index (χ1v) is 16.7. The lowest BCUT2D eigenvalue weighted by atomic mass is 10.0. The van der Waals surface area contributed by atoms with Crippen LogP contribution in [0.3, 0.4) is 0 Å². The van der Waals surface area contributed by atoms with Gasteiger partial charge in [0.1, 0.15) is 6.10 Å². The Kier molecular flexibility index (Phi) is 29.2. The first kappa shape index (κ1) is 36.7. The van der Waals surface area contributed by atoms with Crippen LogP contribution in [-0.2, 0) is 14.3 Å². The molecule has 0 saturated carbocycles. The zero-order valence-corrected chi connectivity index (χ0v) is 25.5.